The first-order valence-electron chi connectivity index (χ1n) is 7.78. The smallest absolute Gasteiger partial charge is 0.127 e. The summed E-state index contributed by atoms with van der Waals surface area (Å²) in [5.74, 6) is 1.97. The molecule has 0 radical (unpaired) electrons. The molecule has 2 aromatic rings. The van der Waals surface area contributed by atoms with Crippen LogP contribution in [0.5, 0.6) is 0 Å². The molecule has 0 spiro atoms. The Bertz CT molecular complexity index is 650. The Morgan fingerprint density at radius 3 is 2.76 bits per heavy atom. The van der Waals surface area contributed by atoms with Crippen molar-refractivity contribution in [2.75, 3.05) is 0 Å². The monoisotopic (exact) mass is 308 g/mol. The van der Waals surface area contributed by atoms with Crippen molar-refractivity contribution in [1.29, 1.82) is 0 Å². The number of fused-ring (bicyclic) bond motifs is 1. The predicted molar refractivity (Wildman–Crippen MR) is 85.2 cm³/mol. The maximum Gasteiger partial charge on any atom is 0.127 e. The molecule has 0 saturated heterocycles. The molecule has 0 amide bonds. The van der Waals surface area contributed by atoms with Crippen LogP contribution < -0.4 is 0 Å². The van der Waals surface area contributed by atoms with Crippen LogP contribution >= 0.6 is 11.6 Å². The van der Waals surface area contributed by atoms with Gasteiger partial charge in [0.1, 0.15) is 11.6 Å². The standard InChI is InChI=1S/C17H22ClFN2/c1-10-4-7-15(11(2)8-10)21-16-9-13(19)5-6-14(16)20-17(21)12(3)18/h5-6,9-12,15H,4,7-8H2,1-3H3. The van der Waals surface area contributed by atoms with Crippen molar-refractivity contribution in [1.82, 2.24) is 9.55 Å². The molecule has 1 aliphatic rings. The fourth-order valence-corrected chi connectivity index (χ4v) is 3.90. The van der Waals surface area contributed by atoms with Gasteiger partial charge >= 0.3 is 0 Å². The third-order valence-electron chi connectivity index (χ3n) is 4.75. The minimum atomic E-state index is -0.214. The van der Waals surface area contributed by atoms with Gasteiger partial charge in [-0.15, -0.1) is 11.6 Å². The van der Waals surface area contributed by atoms with E-state index in [2.05, 4.69) is 23.4 Å². The lowest BCUT2D eigenvalue weighted by atomic mass is 9.79. The van der Waals surface area contributed by atoms with Gasteiger partial charge in [0, 0.05) is 6.04 Å². The highest BCUT2D eigenvalue weighted by Crippen LogP contribution is 2.40. The molecule has 21 heavy (non-hydrogen) atoms. The highest BCUT2D eigenvalue weighted by Gasteiger charge is 2.30. The third kappa shape index (κ3) is 2.68. The number of benzene rings is 1. The highest BCUT2D eigenvalue weighted by atomic mass is 35.5. The van der Waals surface area contributed by atoms with Gasteiger partial charge in [0.15, 0.2) is 0 Å². The molecular formula is C17H22ClFN2. The van der Waals surface area contributed by atoms with Gasteiger partial charge in [-0.25, -0.2) is 9.37 Å². The maximum absolute atomic E-state index is 13.7. The summed E-state index contributed by atoms with van der Waals surface area (Å²) in [5.41, 5.74) is 1.72. The summed E-state index contributed by atoms with van der Waals surface area (Å²) < 4.78 is 15.9. The van der Waals surface area contributed by atoms with Gasteiger partial charge in [-0.1, -0.05) is 13.8 Å². The number of nitrogens with zero attached hydrogens (tertiary/aromatic N) is 2. The van der Waals surface area contributed by atoms with E-state index < -0.39 is 0 Å². The van der Waals surface area contributed by atoms with E-state index in [-0.39, 0.29) is 11.2 Å². The van der Waals surface area contributed by atoms with Gasteiger partial charge in [0.2, 0.25) is 0 Å². The SMILES string of the molecule is CC1CCC(n2c(C(C)Cl)nc3ccc(F)cc32)C(C)C1. The summed E-state index contributed by atoms with van der Waals surface area (Å²) in [6, 6.07) is 5.18. The van der Waals surface area contributed by atoms with Crippen LogP contribution in [0, 0.1) is 17.7 Å². The number of rotatable bonds is 2. The second kappa shape index (κ2) is 5.60. The predicted octanol–water partition coefficient (Wildman–Crippen LogP) is 5.47. The molecule has 2 nitrogen and oxygen atoms in total. The van der Waals surface area contributed by atoms with E-state index in [0.29, 0.717) is 12.0 Å². The lowest BCUT2D eigenvalue weighted by Gasteiger charge is -2.35. The minimum Gasteiger partial charge on any atom is -0.323 e. The van der Waals surface area contributed by atoms with Crippen LogP contribution in [0.4, 0.5) is 4.39 Å². The molecule has 1 heterocycles. The van der Waals surface area contributed by atoms with Gasteiger partial charge in [0.05, 0.1) is 16.4 Å². The van der Waals surface area contributed by atoms with Crippen LogP contribution in [0.1, 0.15) is 57.3 Å². The maximum atomic E-state index is 13.7. The lowest BCUT2D eigenvalue weighted by molar-refractivity contribution is 0.208. The Morgan fingerprint density at radius 2 is 2.10 bits per heavy atom. The number of alkyl halides is 1. The van der Waals surface area contributed by atoms with E-state index >= 15 is 0 Å². The molecule has 4 atom stereocenters. The van der Waals surface area contributed by atoms with Gasteiger partial charge in [-0.3, -0.25) is 0 Å². The van der Waals surface area contributed by atoms with Crippen LogP contribution in [0.2, 0.25) is 0 Å². The second-order valence-corrected chi connectivity index (χ2v) is 7.21. The third-order valence-corrected chi connectivity index (χ3v) is 4.95. The molecule has 1 aromatic carbocycles. The Balaban J connectivity index is 2.14. The van der Waals surface area contributed by atoms with Gasteiger partial charge in [-0.2, -0.15) is 0 Å². The van der Waals surface area contributed by atoms with Crippen molar-refractivity contribution in [3.63, 3.8) is 0 Å². The Hall–Kier alpha value is -1.09. The minimum absolute atomic E-state index is 0.174. The van der Waals surface area contributed by atoms with E-state index in [4.69, 9.17) is 11.6 Å². The van der Waals surface area contributed by atoms with E-state index in [0.717, 1.165) is 29.2 Å². The first-order chi connectivity index (χ1) is 9.97. The van der Waals surface area contributed by atoms with Crippen molar-refractivity contribution < 1.29 is 4.39 Å². The number of aromatic nitrogens is 2. The van der Waals surface area contributed by atoms with E-state index in [1.165, 1.54) is 18.9 Å². The molecule has 0 N–H and O–H groups in total. The molecule has 4 unspecified atom stereocenters. The van der Waals surface area contributed by atoms with Gasteiger partial charge in [0.25, 0.3) is 0 Å². The summed E-state index contributed by atoms with van der Waals surface area (Å²) >= 11 is 6.34. The summed E-state index contributed by atoms with van der Waals surface area (Å²) in [6.45, 7) is 6.53. The average Bonchev–Trinajstić information content (AvgIpc) is 2.77. The van der Waals surface area contributed by atoms with Crippen molar-refractivity contribution in [2.45, 2.75) is 51.5 Å². The van der Waals surface area contributed by atoms with E-state index in [1.807, 2.05) is 6.92 Å². The Kier molecular flexibility index (Phi) is 3.96. The molecule has 1 saturated carbocycles. The number of hydrogen-bond acceptors (Lipinski definition) is 1. The number of hydrogen-bond donors (Lipinski definition) is 0. The summed E-state index contributed by atoms with van der Waals surface area (Å²) in [7, 11) is 0. The zero-order valence-corrected chi connectivity index (χ0v) is 13.6. The summed E-state index contributed by atoms with van der Waals surface area (Å²) in [4.78, 5) is 4.65. The molecule has 114 valence electrons. The van der Waals surface area contributed by atoms with Crippen molar-refractivity contribution in [3.8, 4) is 0 Å². The zero-order valence-electron chi connectivity index (χ0n) is 12.8. The molecule has 0 aliphatic heterocycles. The van der Waals surface area contributed by atoms with E-state index in [9.17, 15) is 4.39 Å². The number of halogens is 2. The fraction of sp³-hybridized carbons (Fsp3) is 0.588. The first kappa shape index (κ1) is 14.8. The number of imidazole rings is 1. The lowest BCUT2D eigenvalue weighted by Crippen LogP contribution is -2.26. The fourth-order valence-electron chi connectivity index (χ4n) is 3.75. The zero-order chi connectivity index (χ0) is 15.1. The Morgan fingerprint density at radius 1 is 1.33 bits per heavy atom. The average molecular weight is 309 g/mol. The topological polar surface area (TPSA) is 17.8 Å². The van der Waals surface area contributed by atoms with Crippen LogP contribution in [-0.4, -0.2) is 9.55 Å². The molecule has 3 rings (SSSR count). The molecular weight excluding hydrogens is 287 g/mol. The van der Waals surface area contributed by atoms with Crippen LogP contribution in [0.15, 0.2) is 18.2 Å². The molecule has 4 heteroatoms. The van der Waals surface area contributed by atoms with Gasteiger partial charge in [-0.05, 0) is 56.2 Å². The first-order valence-corrected chi connectivity index (χ1v) is 8.22. The Labute approximate surface area is 130 Å². The van der Waals surface area contributed by atoms with Crippen molar-refractivity contribution in [3.05, 3.63) is 29.8 Å². The normalized spacial score (nSPS) is 28.0. The molecule has 1 aliphatic carbocycles. The second-order valence-electron chi connectivity index (χ2n) is 6.55. The van der Waals surface area contributed by atoms with Crippen molar-refractivity contribution >= 4 is 22.6 Å². The van der Waals surface area contributed by atoms with E-state index in [1.54, 1.807) is 12.1 Å². The highest BCUT2D eigenvalue weighted by molar-refractivity contribution is 6.20. The summed E-state index contributed by atoms with van der Waals surface area (Å²) in [5, 5.41) is -0.174. The quantitative estimate of drug-likeness (QED) is 0.672. The van der Waals surface area contributed by atoms with Gasteiger partial charge < -0.3 is 4.57 Å². The van der Waals surface area contributed by atoms with Crippen LogP contribution in [0.25, 0.3) is 11.0 Å². The molecule has 1 fully saturated rings. The molecule has 1 aromatic heterocycles. The largest absolute Gasteiger partial charge is 0.323 e. The van der Waals surface area contributed by atoms with Crippen LogP contribution in [0.3, 0.4) is 0 Å². The summed E-state index contributed by atoms with van der Waals surface area (Å²) in [6.07, 6.45) is 3.52. The van der Waals surface area contributed by atoms with Crippen LogP contribution in [-0.2, 0) is 0 Å². The van der Waals surface area contributed by atoms with Crippen molar-refractivity contribution in [2.24, 2.45) is 11.8 Å². The molecule has 0 bridgehead atoms.